The molecule has 1 spiro atoms. The van der Waals surface area contributed by atoms with Gasteiger partial charge in [-0.3, -0.25) is 0 Å². The summed E-state index contributed by atoms with van der Waals surface area (Å²) in [4.78, 5) is 0. The number of hydrogen-bond donors (Lipinski definition) is 2. The van der Waals surface area contributed by atoms with Crippen LogP contribution in [0.25, 0.3) is 0 Å². The highest BCUT2D eigenvalue weighted by Gasteiger charge is 2.73. The molecule has 4 heteroatoms. The summed E-state index contributed by atoms with van der Waals surface area (Å²) in [6, 6.07) is 3.91. The predicted octanol–water partition coefficient (Wildman–Crippen LogP) is 4.59. The Balaban J connectivity index is 1.75. The number of phenols is 1. The lowest BCUT2D eigenvalue weighted by molar-refractivity contribution is -0.226. The minimum Gasteiger partial charge on any atom is -0.504 e. The van der Waals surface area contributed by atoms with Crippen molar-refractivity contribution in [3.05, 3.63) is 23.3 Å². The molecule has 5 rings (SSSR count). The summed E-state index contributed by atoms with van der Waals surface area (Å²) in [6.45, 7) is 10.8. The van der Waals surface area contributed by atoms with Gasteiger partial charge in [0.05, 0.1) is 5.60 Å². The average molecular weight is 401 g/mol. The molecule has 2 saturated carbocycles. The van der Waals surface area contributed by atoms with Crippen LogP contribution in [0.5, 0.6) is 11.5 Å². The van der Waals surface area contributed by atoms with Crippen molar-refractivity contribution in [3.8, 4) is 11.5 Å². The van der Waals surface area contributed by atoms with E-state index < -0.39 is 5.60 Å². The molecule has 2 fully saturated rings. The lowest BCUT2D eigenvalue weighted by atomic mass is 9.38. The highest BCUT2D eigenvalue weighted by Crippen LogP contribution is 2.73. The fraction of sp³-hybridized carbons (Fsp3) is 0.760. The quantitative estimate of drug-likeness (QED) is 0.763. The molecule has 1 aliphatic heterocycles. The SMILES string of the molecule is COC1[C@@H](C(C)(O)C(C)(C)C)CC2(C)[C@@H]3CCC[C@@]24c2c(ccc(O)c2O[C@@H]14)C3. The van der Waals surface area contributed by atoms with Gasteiger partial charge in [-0.1, -0.05) is 40.2 Å². The van der Waals surface area contributed by atoms with Crippen LogP contribution in [0.15, 0.2) is 12.1 Å². The molecule has 3 unspecified atom stereocenters. The molecule has 160 valence electrons. The van der Waals surface area contributed by atoms with Gasteiger partial charge in [0.25, 0.3) is 0 Å². The first kappa shape index (κ1) is 19.7. The van der Waals surface area contributed by atoms with E-state index in [0.29, 0.717) is 11.7 Å². The lowest BCUT2D eigenvalue weighted by Gasteiger charge is -2.66. The number of phenolic OH excluding ortho intramolecular Hbond substituents is 1. The second-order valence-corrected chi connectivity index (χ2v) is 11.6. The topological polar surface area (TPSA) is 58.9 Å². The van der Waals surface area contributed by atoms with Crippen molar-refractivity contribution >= 4 is 0 Å². The first-order chi connectivity index (χ1) is 13.5. The third-order valence-electron chi connectivity index (χ3n) is 9.76. The summed E-state index contributed by atoms with van der Waals surface area (Å²) in [5.41, 5.74) is 1.31. The van der Waals surface area contributed by atoms with E-state index in [-0.39, 0.29) is 40.1 Å². The summed E-state index contributed by atoms with van der Waals surface area (Å²) in [6.07, 6.45) is 5.06. The first-order valence-corrected chi connectivity index (χ1v) is 11.3. The van der Waals surface area contributed by atoms with Crippen molar-refractivity contribution < 1.29 is 19.7 Å². The Labute approximate surface area is 174 Å². The molecule has 0 saturated heterocycles. The van der Waals surface area contributed by atoms with E-state index in [1.807, 2.05) is 6.92 Å². The largest absolute Gasteiger partial charge is 0.504 e. The monoisotopic (exact) mass is 400 g/mol. The summed E-state index contributed by atoms with van der Waals surface area (Å²) in [5, 5.41) is 22.5. The molecule has 1 aromatic rings. The molecule has 2 bridgehead atoms. The van der Waals surface area contributed by atoms with Crippen LogP contribution in [0, 0.1) is 22.7 Å². The summed E-state index contributed by atoms with van der Waals surface area (Å²) >= 11 is 0. The first-order valence-electron chi connectivity index (χ1n) is 11.3. The number of aromatic hydroxyl groups is 1. The standard InChI is InChI=1S/C25H36O4/c1-22(2,3)24(5,27)16-13-23(4)15-8-7-11-25(23)18-14(12-15)9-10-17(26)20(18)29-21(25)19(16)28-6/h9-10,15-16,19,21,26-27H,7-8,11-13H2,1-6H3/t15-,16+,19?,21+,23?,24?,25+/m1/s1. The number of ether oxygens (including phenoxy) is 2. The normalized spacial score (nSPS) is 42.0. The fourth-order valence-corrected chi connectivity index (χ4v) is 7.67. The number of rotatable bonds is 2. The van der Waals surface area contributed by atoms with Crippen LogP contribution in [0.4, 0.5) is 0 Å². The minimum absolute atomic E-state index is 0.0247. The summed E-state index contributed by atoms with van der Waals surface area (Å²) in [7, 11) is 1.76. The molecule has 4 nitrogen and oxygen atoms in total. The molecule has 1 heterocycles. The highest BCUT2D eigenvalue weighted by molar-refractivity contribution is 5.61. The third-order valence-corrected chi connectivity index (χ3v) is 9.76. The summed E-state index contributed by atoms with van der Waals surface area (Å²) in [5.74, 6) is 1.46. The van der Waals surface area contributed by atoms with Gasteiger partial charge in [0.1, 0.15) is 12.2 Å². The van der Waals surface area contributed by atoms with Crippen molar-refractivity contribution in [1.82, 2.24) is 0 Å². The van der Waals surface area contributed by atoms with E-state index >= 15 is 0 Å². The Kier molecular flexibility index (Phi) is 3.87. The maximum Gasteiger partial charge on any atom is 0.165 e. The highest BCUT2D eigenvalue weighted by atomic mass is 16.5. The Hall–Kier alpha value is -1.26. The third kappa shape index (κ3) is 2.13. The van der Waals surface area contributed by atoms with E-state index in [2.05, 4.69) is 33.8 Å². The van der Waals surface area contributed by atoms with Gasteiger partial charge in [-0.25, -0.2) is 0 Å². The van der Waals surface area contributed by atoms with E-state index in [0.717, 1.165) is 19.3 Å². The van der Waals surface area contributed by atoms with Gasteiger partial charge < -0.3 is 19.7 Å². The van der Waals surface area contributed by atoms with Crippen molar-refractivity contribution in [2.24, 2.45) is 22.7 Å². The van der Waals surface area contributed by atoms with Crippen molar-refractivity contribution in [2.75, 3.05) is 7.11 Å². The van der Waals surface area contributed by atoms with Crippen molar-refractivity contribution in [2.45, 2.75) is 89.9 Å². The van der Waals surface area contributed by atoms with Crippen LogP contribution in [0.3, 0.4) is 0 Å². The number of benzene rings is 1. The minimum atomic E-state index is -0.896. The second kappa shape index (κ2) is 5.70. The van der Waals surface area contributed by atoms with Crippen molar-refractivity contribution in [1.29, 1.82) is 0 Å². The van der Waals surface area contributed by atoms with Crippen LogP contribution in [-0.2, 0) is 16.6 Å². The number of methoxy groups -OCH3 is 1. The predicted molar refractivity (Wildman–Crippen MR) is 112 cm³/mol. The molecule has 1 aromatic carbocycles. The van der Waals surface area contributed by atoms with Gasteiger partial charge in [0.2, 0.25) is 0 Å². The van der Waals surface area contributed by atoms with Crippen LogP contribution >= 0.6 is 0 Å². The Morgan fingerprint density at radius 2 is 1.93 bits per heavy atom. The Bertz CT molecular complexity index is 853. The molecule has 2 N–H and O–H groups in total. The van der Waals surface area contributed by atoms with Gasteiger partial charge in [0.15, 0.2) is 11.5 Å². The lowest BCUT2D eigenvalue weighted by Crippen LogP contribution is -2.71. The van der Waals surface area contributed by atoms with Gasteiger partial charge >= 0.3 is 0 Å². The second-order valence-electron chi connectivity index (χ2n) is 11.6. The maximum absolute atomic E-state index is 11.8. The van der Waals surface area contributed by atoms with Gasteiger partial charge in [-0.15, -0.1) is 0 Å². The van der Waals surface area contributed by atoms with E-state index in [1.54, 1.807) is 13.2 Å². The van der Waals surface area contributed by atoms with Gasteiger partial charge in [-0.05, 0) is 61.0 Å². The molecule has 4 aliphatic rings. The zero-order valence-electron chi connectivity index (χ0n) is 18.7. The van der Waals surface area contributed by atoms with E-state index in [4.69, 9.17) is 9.47 Å². The van der Waals surface area contributed by atoms with Crippen LogP contribution in [0.1, 0.15) is 71.4 Å². The molecular weight excluding hydrogens is 364 g/mol. The molecular formula is C25H36O4. The Morgan fingerprint density at radius 1 is 1.21 bits per heavy atom. The number of aliphatic hydroxyl groups is 1. The summed E-state index contributed by atoms with van der Waals surface area (Å²) < 4.78 is 12.8. The van der Waals surface area contributed by atoms with Gasteiger partial charge in [0, 0.05) is 24.0 Å². The molecule has 0 amide bonds. The average Bonchev–Trinajstić information content (AvgIpc) is 2.97. The van der Waals surface area contributed by atoms with Gasteiger partial charge in [-0.2, -0.15) is 0 Å². The van der Waals surface area contributed by atoms with Crippen LogP contribution < -0.4 is 4.74 Å². The Morgan fingerprint density at radius 3 is 2.59 bits per heavy atom. The molecule has 29 heavy (non-hydrogen) atoms. The molecule has 3 aliphatic carbocycles. The van der Waals surface area contributed by atoms with Crippen LogP contribution in [0.2, 0.25) is 0 Å². The maximum atomic E-state index is 11.8. The molecule has 7 atom stereocenters. The van der Waals surface area contributed by atoms with Crippen molar-refractivity contribution in [3.63, 3.8) is 0 Å². The van der Waals surface area contributed by atoms with E-state index in [1.165, 1.54) is 24.0 Å². The molecule has 0 radical (unpaired) electrons. The number of hydrogen-bond acceptors (Lipinski definition) is 4. The van der Waals surface area contributed by atoms with Crippen LogP contribution in [-0.4, -0.2) is 35.1 Å². The molecule has 0 aromatic heterocycles. The van der Waals surface area contributed by atoms with E-state index in [9.17, 15) is 10.2 Å². The zero-order valence-corrected chi connectivity index (χ0v) is 18.7. The fourth-order valence-electron chi connectivity index (χ4n) is 7.67. The zero-order chi connectivity index (χ0) is 21.0. The smallest absolute Gasteiger partial charge is 0.165 e.